The number of hydrogen-bond acceptors (Lipinski definition) is 6. The highest BCUT2D eigenvalue weighted by molar-refractivity contribution is 5.74. The average Bonchev–Trinajstić information content (AvgIpc) is 2.68. The van der Waals surface area contributed by atoms with Gasteiger partial charge in [0, 0.05) is 49.6 Å². The molecule has 1 saturated heterocycles. The largest absolute Gasteiger partial charge is 0.366 e. The van der Waals surface area contributed by atoms with E-state index in [1.165, 1.54) is 6.42 Å². The molecule has 0 aromatic carbocycles. The van der Waals surface area contributed by atoms with Gasteiger partial charge in [-0.05, 0) is 45.0 Å². The molecule has 7 heteroatoms. The zero-order chi connectivity index (χ0) is 18.8. The average molecular weight is 366 g/mol. The van der Waals surface area contributed by atoms with E-state index in [0.29, 0.717) is 18.4 Å². The minimum Gasteiger partial charge on any atom is -0.366 e. The second-order valence-corrected chi connectivity index (χ2v) is 7.50. The number of amides is 1. The van der Waals surface area contributed by atoms with Crippen LogP contribution in [0.1, 0.15) is 31.0 Å². The Morgan fingerprint density at radius 3 is 2.93 bits per heavy atom. The highest BCUT2D eigenvalue weighted by Gasteiger charge is 2.26. The van der Waals surface area contributed by atoms with Gasteiger partial charge >= 0.3 is 0 Å². The monoisotopic (exact) mass is 366 g/mol. The number of nitrogens with one attached hydrogen (secondary N) is 1. The summed E-state index contributed by atoms with van der Waals surface area (Å²) in [4.78, 5) is 29.9. The van der Waals surface area contributed by atoms with Crippen molar-refractivity contribution >= 4 is 11.7 Å². The smallest absolute Gasteiger partial charge is 0.219 e. The molecular weight excluding hydrogens is 340 g/mol. The van der Waals surface area contributed by atoms with Crippen molar-refractivity contribution in [2.24, 2.45) is 0 Å². The molecule has 0 spiro atoms. The lowest BCUT2D eigenvalue weighted by Crippen LogP contribution is -2.41. The number of rotatable bonds is 3. The number of aromatic nitrogens is 3. The predicted octanol–water partition coefficient (Wildman–Crippen LogP) is 1.95. The molecule has 2 aromatic rings. The molecule has 4 heterocycles. The highest BCUT2D eigenvalue weighted by Crippen LogP contribution is 2.28. The Morgan fingerprint density at radius 2 is 2.19 bits per heavy atom. The van der Waals surface area contributed by atoms with Crippen LogP contribution >= 0.6 is 0 Å². The second kappa shape index (κ2) is 7.60. The molecule has 7 nitrogen and oxygen atoms in total. The lowest BCUT2D eigenvalue weighted by atomic mass is 10.0. The summed E-state index contributed by atoms with van der Waals surface area (Å²) in [5, 5.41) is 3.68. The Labute approximate surface area is 159 Å². The highest BCUT2D eigenvalue weighted by atomic mass is 16.2. The van der Waals surface area contributed by atoms with Crippen LogP contribution in [0, 0.1) is 0 Å². The van der Waals surface area contributed by atoms with E-state index >= 15 is 0 Å². The molecule has 0 bridgehead atoms. The van der Waals surface area contributed by atoms with Gasteiger partial charge in [-0.25, -0.2) is 9.97 Å². The molecule has 2 aromatic heterocycles. The number of nitrogens with zero attached hydrogens (tertiary/aromatic N) is 5. The van der Waals surface area contributed by atoms with Crippen LogP contribution in [0.15, 0.2) is 24.5 Å². The quantitative estimate of drug-likeness (QED) is 0.895. The molecule has 0 radical (unpaired) electrons. The van der Waals surface area contributed by atoms with Gasteiger partial charge in [-0.1, -0.05) is 0 Å². The van der Waals surface area contributed by atoms with Gasteiger partial charge in [-0.3, -0.25) is 9.78 Å². The summed E-state index contributed by atoms with van der Waals surface area (Å²) in [6.07, 6.45) is 6.65. The fraction of sp³-hybridized carbons (Fsp3) is 0.500. The van der Waals surface area contributed by atoms with Gasteiger partial charge in [0.25, 0.3) is 0 Å². The summed E-state index contributed by atoms with van der Waals surface area (Å²) >= 11 is 0. The van der Waals surface area contributed by atoms with Crippen molar-refractivity contribution in [3.05, 3.63) is 35.8 Å². The van der Waals surface area contributed by atoms with Crippen molar-refractivity contribution in [2.45, 2.75) is 38.8 Å². The number of carbonyl (C=O) groups excluding carboxylic acids is 1. The van der Waals surface area contributed by atoms with E-state index in [4.69, 9.17) is 9.97 Å². The summed E-state index contributed by atoms with van der Waals surface area (Å²) in [6, 6.07) is 4.25. The summed E-state index contributed by atoms with van der Waals surface area (Å²) in [5.41, 5.74) is 2.98. The van der Waals surface area contributed by atoms with Crippen molar-refractivity contribution in [3.8, 4) is 11.4 Å². The van der Waals surface area contributed by atoms with Gasteiger partial charge in [0.05, 0.1) is 12.2 Å². The zero-order valence-electron chi connectivity index (χ0n) is 16.0. The minimum absolute atomic E-state index is 0.0885. The fourth-order valence-corrected chi connectivity index (χ4v) is 3.92. The first kappa shape index (κ1) is 17.9. The Kier molecular flexibility index (Phi) is 5.03. The topological polar surface area (TPSA) is 74.2 Å². The van der Waals surface area contributed by atoms with Gasteiger partial charge in [0.2, 0.25) is 5.91 Å². The molecule has 0 saturated carbocycles. The van der Waals surface area contributed by atoms with E-state index in [1.807, 2.05) is 17.0 Å². The second-order valence-electron chi connectivity index (χ2n) is 7.50. The van der Waals surface area contributed by atoms with Crippen molar-refractivity contribution in [3.63, 3.8) is 0 Å². The SMILES string of the molecule is CC(=O)N1CCc2c(nc(-c3cccnc3)nc2N[C@@H]2CCCN(C)C2)C1. The van der Waals surface area contributed by atoms with Crippen LogP contribution in [-0.4, -0.2) is 63.4 Å². The molecule has 1 amide bonds. The van der Waals surface area contributed by atoms with Gasteiger partial charge in [-0.15, -0.1) is 0 Å². The number of carbonyl (C=O) groups is 1. The van der Waals surface area contributed by atoms with E-state index < -0.39 is 0 Å². The number of fused-ring (bicyclic) bond motifs is 1. The maximum atomic E-state index is 11.9. The molecule has 1 N–H and O–H groups in total. The number of pyridine rings is 1. The number of likely N-dealkylation sites (tertiary alicyclic amines) is 1. The Morgan fingerprint density at radius 1 is 1.30 bits per heavy atom. The maximum Gasteiger partial charge on any atom is 0.219 e. The summed E-state index contributed by atoms with van der Waals surface area (Å²) < 4.78 is 0. The number of piperidine rings is 1. The van der Waals surface area contributed by atoms with E-state index in [1.54, 1.807) is 19.3 Å². The van der Waals surface area contributed by atoms with Gasteiger partial charge in [0.1, 0.15) is 5.82 Å². The molecule has 2 aliphatic rings. The summed E-state index contributed by atoms with van der Waals surface area (Å²) in [6.45, 7) is 5.04. The van der Waals surface area contributed by atoms with Crippen LogP contribution in [-0.2, 0) is 17.8 Å². The first-order valence-corrected chi connectivity index (χ1v) is 9.61. The predicted molar refractivity (Wildman–Crippen MR) is 104 cm³/mol. The molecule has 142 valence electrons. The Balaban J connectivity index is 1.70. The Bertz CT molecular complexity index is 825. The normalized spacial score (nSPS) is 20.2. The number of anilines is 1. The van der Waals surface area contributed by atoms with Gasteiger partial charge < -0.3 is 15.1 Å². The standard InChI is InChI=1S/C20H26N6O/c1-14(27)26-10-7-17-18(13-26)23-19(15-5-3-8-21-11-15)24-20(17)22-16-6-4-9-25(2)12-16/h3,5,8,11,16H,4,6-7,9-10,12-13H2,1-2H3,(H,22,23,24)/t16-/m1/s1. The zero-order valence-corrected chi connectivity index (χ0v) is 16.0. The Hall–Kier alpha value is -2.54. The van der Waals surface area contributed by atoms with Crippen molar-refractivity contribution in [2.75, 3.05) is 32.0 Å². The fourth-order valence-electron chi connectivity index (χ4n) is 3.92. The third kappa shape index (κ3) is 3.93. The lowest BCUT2D eigenvalue weighted by molar-refractivity contribution is -0.129. The molecule has 4 rings (SSSR count). The maximum absolute atomic E-state index is 11.9. The van der Waals surface area contributed by atoms with Crippen LogP contribution in [0.4, 0.5) is 5.82 Å². The van der Waals surface area contributed by atoms with Crippen LogP contribution in [0.2, 0.25) is 0 Å². The van der Waals surface area contributed by atoms with Crippen LogP contribution in [0.25, 0.3) is 11.4 Å². The molecule has 1 atom stereocenters. The molecule has 2 aliphatic heterocycles. The third-order valence-electron chi connectivity index (χ3n) is 5.40. The van der Waals surface area contributed by atoms with Crippen LogP contribution < -0.4 is 5.32 Å². The first-order valence-electron chi connectivity index (χ1n) is 9.61. The summed E-state index contributed by atoms with van der Waals surface area (Å²) in [7, 11) is 2.16. The van der Waals surface area contributed by atoms with E-state index in [0.717, 1.165) is 55.1 Å². The minimum atomic E-state index is 0.0885. The molecule has 0 aliphatic carbocycles. The van der Waals surface area contributed by atoms with Crippen LogP contribution in [0.3, 0.4) is 0 Å². The third-order valence-corrected chi connectivity index (χ3v) is 5.40. The van der Waals surface area contributed by atoms with Crippen molar-refractivity contribution in [1.82, 2.24) is 24.8 Å². The molecule has 0 unspecified atom stereocenters. The molecule has 1 fully saturated rings. The van der Waals surface area contributed by atoms with Gasteiger partial charge in [0.15, 0.2) is 5.82 Å². The van der Waals surface area contributed by atoms with E-state index in [-0.39, 0.29) is 5.91 Å². The first-order chi connectivity index (χ1) is 13.1. The number of likely N-dealkylation sites (N-methyl/N-ethyl adjacent to an activating group) is 1. The van der Waals surface area contributed by atoms with E-state index in [9.17, 15) is 4.79 Å². The summed E-state index contributed by atoms with van der Waals surface area (Å²) in [5.74, 6) is 1.67. The molecular formula is C20H26N6O. The van der Waals surface area contributed by atoms with Gasteiger partial charge in [-0.2, -0.15) is 0 Å². The van der Waals surface area contributed by atoms with E-state index in [2.05, 4.69) is 22.2 Å². The molecule has 27 heavy (non-hydrogen) atoms. The van der Waals surface area contributed by atoms with Crippen molar-refractivity contribution in [1.29, 1.82) is 0 Å². The van der Waals surface area contributed by atoms with Crippen molar-refractivity contribution < 1.29 is 4.79 Å². The number of hydrogen-bond donors (Lipinski definition) is 1. The lowest BCUT2D eigenvalue weighted by Gasteiger charge is -2.33. The van der Waals surface area contributed by atoms with Crippen LogP contribution in [0.5, 0.6) is 0 Å².